The van der Waals surface area contributed by atoms with Crippen LogP contribution in [-0.2, 0) is 18.5 Å². The van der Waals surface area contributed by atoms with E-state index >= 15 is 0 Å². The lowest BCUT2D eigenvalue weighted by atomic mass is 9.69. The van der Waals surface area contributed by atoms with Gasteiger partial charge in [-0.3, -0.25) is 9.69 Å². The summed E-state index contributed by atoms with van der Waals surface area (Å²) in [6, 6.07) is 23.9. The molecule has 2 aliphatic heterocycles. The molecule has 4 aromatic rings. The number of piperidine rings is 1. The summed E-state index contributed by atoms with van der Waals surface area (Å²) in [5, 5.41) is 5.85. The molecular formula is C28H29N3O. The van der Waals surface area contributed by atoms with Crippen LogP contribution in [0.5, 0.6) is 0 Å². The zero-order chi connectivity index (χ0) is 21.7. The van der Waals surface area contributed by atoms with Gasteiger partial charge in [-0.1, -0.05) is 42.5 Å². The van der Waals surface area contributed by atoms with Crippen molar-refractivity contribution < 1.29 is 4.79 Å². The number of hydrogen-bond acceptors (Lipinski definition) is 2. The Morgan fingerprint density at radius 1 is 0.906 bits per heavy atom. The largest absolute Gasteiger partial charge is 0.351 e. The van der Waals surface area contributed by atoms with E-state index in [-0.39, 0.29) is 11.3 Å². The van der Waals surface area contributed by atoms with Gasteiger partial charge in [-0.05, 0) is 68.2 Å². The van der Waals surface area contributed by atoms with Gasteiger partial charge in [0.2, 0.25) is 0 Å². The average molecular weight is 424 g/mol. The molecule has 3 aromatic carbocycles. The minimum Gasteiger partial charge on any atom is -0.351 e. The summed E-state index contributed by atoms with van der Waals surface area (Å²) in [5.74, 6) is 0.0770. The Hall–Kier alpha value is -3.11. The van der Waals surface area contributed by atoms with Crippen molar-refractivity contribution in [2.45, 2.75) is 38.3 Å². The summed E-state index contributed by atoms with van der Waals surface area (Å²) in [4.78, 5) is 14.9. The maximum absolute atomic E-state index is 12.3. The number of aromatic nitrogens is 1. The van der Waals surface area contributed by atoms with E-state index in [1.54, 1.807) is 0 Å². The number of para-hydroxylation sites is 1. The smallest absolute Gasteiger partial charge is 0.251 e. The number of likely N-dealkylation sites (tertiary alicyclic amines) is 1. The van der Waals surface area contributed by atoms with E-state index in [9.17, 15) is 4.79 Å². The number of carbonyl (C=O) groups is 1. The molecule has 4 heteroatoms. The standard InChI is InChI=1S/C28H29N3O/c1-2-31-25-10-6-4-7-21(25)23-17-20(11-12-26(23)31)18-30-15-13-28(14-16-30)19-29-27(32)22-8-3-5-9-24(22)28/h3-12,17H,2,13-16,18-19H2,1H3,(H,29,32). The van der Waals surface area contributed by atoms with Gasteiger partial charge in [-0.15, -0.1) is 0 Å². The van der Waals surface area contributed by atoms with Crippen LogP contribution in [0.3, 0.4) is 0 Å². The van der Waals surface area contributed by atoms with E-state index in [1.165, 1.54) is 32.9 Å². The topological polar surface area (TPSA) is 37.3 Å². The number of carbonyl (C=O) groups excluding carboxylic acids is 1. The lowest BCUT2D eigenvalue weighted by molar-refractivity contribution is 0.0882. The van der Waals surface area contributed by atoms with Crippen molar-refractivity contribution in [1.29, 1.82) is 0 Å². The first-order valence-corrected chi connectivity index (χ1v) is 11.8. The van der Waals surface area contributed by atoms with Gasteiger partial charge in [-0.25, -0.2) is 0 Å². The highest BCUT2D eigenvalue weighted by molar-refractivity contribution is 6.08. The lowest BCUT2D eigenvalue weighted by Crippen LogP contribution is -2.52. The second kappa shape index (κ2) is 7.49. The molecule has 6 rings (SSSR count). The summed E-state index contributed by atoms with van der Waals surface area (Å²) in [6.45, 7) is 7.05. The van der Waals surface area contributed by atoms with E-state index < -0.39 is 0 Å². The predicted molar refractivity (Wildman–Crippen MR) is 130 cm³/mol. The molecule has 1 amide bonds. The molecule has 1 saturated heterocycles. The number of amides is 1. The van der Waals surface area contributed by atoms with Crippen LogP contribution in [0.15, 0.2) is 66.7 Å². The fourth-order valence-electron chi connectivity index (χ4n) is 5.97. The van der Waals surface area contributed by atoms with Gasteiger partial charge in [0.15, 0.2) is 0 Å². The number of nitrogens with one attached hydrogen (secondary N) is 1. The van der Waals surface area contributed by atoms with Gasteiger partial charge in [-0.2, -0.15) is 0 Å². The molecule has 1 spiro atoms. The van der Waals surface area contributed by atoms with E-state index in [0.29, 0.717) is 0 Å². The summed E-state index contributed by atoms with van der Waals surface area (Å²) >= 11 is 0. The molecule has 0 radical (unpaired) electrons. The SMILES string of the molecule is CCn1c2ccccc2c2cc(CN3CCC4(CC3)CNC(=O)c3ccccc34)ccc21. The van der Waals surface area contributed by atoms with Crippen LogP contribution in [0, 0.1) is 0 Å². The number of benzene rings is 3. The quantitative estimate of drug-likeness (QED) is 0.498. The third kappa shape index (κ3) is 2.97. The Balaban J connectivity index is 1.25. The Bertz CT molecular complexity index is 1330. The highest BCUT2D eigenvalue weighted by atomic mass is 16.1. The van der Waals surface area contributed by atoms with Crippen molar-refractivity contribution in [2.75, 3.05) is 19.6 Å². The highest BCUT2D eigenvalue weighted by Crippen LogP contribution is 2.39. The van der Waals surface area contributed by atoms with E-state index in [0.717, 1.165) is 51.1 Å². The number of rotatable bonds is 3. The second-order valence-corrected chi connectivity index (χ2v) is 9.40. The number of hydrogen-bond donors (Lipinski definition) is 1. The van der Waals surface area contributed by atoms with E-state index in [1.807, 2.05) is 12.1 Å². The van der Waals surface area contributed by atoms with Crippen LogP contribution in [0.2, 0.25) is 0 Å². The Kier molecular flexibility index (Phi) is 4.58. The lowest BCUT2D eigenvalue weighted by Gasteiger charge is -2.45. The molecule has 0 saturated carbocycles. The van der Waals surface area contributed by atoms with Gasteiger partial charge >= 0.3 is 0 Å². The van der Waals surface area contributed by atoms with Crippen molar-refractivity contribution in [3.8, 4) is 0 Å². The fourth-order valence-corrected chi connectivity index (χ4v) is 5.97. The summed E-state index contributed by atoms with van der Waals surface area (Å²) in [6.07, 6.45) is 2.17. The van der Waals surface area contributed by atoms with Gasteiger partial charge < -0.3 is 9.88 Å². The zero-order valence-electron chi connectivity index (χ0n) is 18.6. The van der Waals surface area contributed by atoms with E-state index in [4.69, 9.17) is 0 Å². The Morgan fingerprint density at radius 3 is 2.50 bits per heavy atom. The van der Waals surface area contributed by atoms with Crippen LogP contribution < -0.4 is 5.32 Å². The third-order valence-corrected chi connectivity index (χ3v) is 7.70. The molecule has 3 heterocycles. The summed E-state index contributed by atoms with van der Waals surface area (Å²) in [5.41, 5.74) is 6.22. The van der Waals surface area contributed by atoms with Crippen molar-refractivity contribution >= 4 is 27.7 Å². The first-order chi connectivity index (χ1) is 15.7. The first kappa shape index (κ1) is 19.6. The zero-order valence-corrected chi connectivity index (χ0v) is 18.6. The number of fused-ring (bicyclic) bond motifs is 5. The van der Waals surface area contributed by atoms with Crippen LogP contribution in [-0.4, -0.2) is 35.0 Å². The van der Waals surface area contributed by atoms with Gasteiger partial charge in [0.05, 0.1) is 0 Å². The molecule has 1 fully saturated rings. The molecule has 0 aliphatic carbocycles. The molecule has 32 heavy (non-hydrogen) atoms. The molecule has 0 unspecified atom stereocenters. The molecule has 0 atom stereocenters. The predicted octanol–water partition coefficient (Wildman–Crippen LogP) is 5.09. The van der Waals surface area contributed by atoms with Crippen LogP contribution in [0.1, 0.15) is 41.3 Å². The summed E-state index contributed by atoms with van der Waals surface area (Å²) < 4.78 is 2.41. The molecular weight excluding hydrogens is 394 g/mol. The third-order valence-electron chi connectivity index (χ3n) is 7.70. The number of nitrogens with zero attached hydrogens (tertiary/aromatic N) is 2. The second-order valence-electron chi connectivity index (χ2n) is 9.40. The minimum absolute atomic E-state index is 0.0770. The van der Waals surface area contributed by atoms with Gasteiger partial charge in [0.25, 0.3) is 5.91 Å². The minimum atomic E-state index is 0.0770. The van der Waals surface area contributed by atoms with Crippen molar-refractivity contribution in [3.05, 3.63) is 83.4 Å². The Labute approximate surface area is 188 Å². The molecule has 4 nitrogen and oxygen atoms in total. The molecule has 0 bridgehead atoms. The number of aryl methyl sites for hydroxylation is 1. The Morgan fingerprint density at radius 2 is 1.66 bits per heavy atom. The first-order valence-electron chi connectivity index (χ1n) is 11.8. The van der Waals surface area contributed by atoms with Gasteiger partial charge in [0.1, 0.15) is 0 Å². The van der Waals surface area contributed by atoms with Crippen LogP contribution >= 0.6 is 0 Å². The van der Waals surface area contributed by atoms with Crippen molar-refractivity contribution in [2.24, 2.45) is 0 Å². The molecule has 162 valence electrons. The fraction of sp³-hybridized carbons (Fsp3) is 0.321. The maximum Gasteiger partial charge on any atom is 0.251 e. The van der Waals surface area contributed by atoms with Crippen LogP contribution in [0.4, 0.5) is 0 Å². The maximum atomic E-state index is 12.3. The highest BCUT2D eigenvalue weighted by Gasteiger charge is 2.41. The van der Waals surface area contributed by atoms with Crippen molar-refractivity contribution in [1.82, 2.24) is 14.8 Å². The molecule has 2 aliphatic rings. The van der Waals surface area contributed by atoms with Gasteiger partial charge in [0, 0.05) is 52.4 Å². The van der Waals surface area contributed by atoms with Crippen LogP contribution in [0.25, 0.3) is 21.8 Å². The van der Waals surface area contributed by atoms with Crippen molar-refractivity contribution in [3.63, 3.8) is 0 Å². The monoisotopic (exact) mass is 423 g/mol. The normalized spacial score (nSPS) is 18.2. The molecule has 1 N–H and O–H groups in total. The summed E-state index contributed by atoms with van der Waals surface area (Å²) in [7, 11) is 0. The molecule has 1 aromatic heterocycles. The van der Waals surface area contributed by atoms with E-state index in [2.05, 4.69) is 76.3 Å². The average Bonchev–Trinajstić information content (AvgIpc) is 3.16.